The molecule has 0 saturated carbocycles. The lowest BCUT2D eigenvalue weighted by Gasteiger charge is -2.33. The third kappa shape index (κ3) is 5.31. The third-order valence-corrected chi connectivity index (χ3v) is 3.67. The van der Waals surface area contributed by atoms with E-state index in [-0.39, 0.29) is 18.1 Å². The smallest absolute Gasteiger partial charge is 0.171 e. The molecule has 0 radical (unpaired) electrons. The summed E-state index contributed by atoms with van der Waals surface area (Å²) in [6, 6.07) is 8.41. The van der Waals surface area contributed by atoms with Crippen LogP contribution in [0, 0.1) is 5.41 Å². The van der Waals surface area contributed by atoms with Crippen LogP contribution in [0.2, 0.25) is 13.1 Å². The van der Waals surface area contributed by atoms with Gasteiger partial charge in [0.1, 0.15) is 0 Å². The second-order valence-corrected chi connectivity index (χ2v) is 8.55. The minimum absolute atomic E-state index is 0.0778. The van der Waals surface area contributed by atoms with Gasteiger partial charge in [0.05, 0.1) is 12.7 Å². The van der Waals surface area contributed by atoms with Crippen LogP contribution in [0.3, 0.4) is 0 Å². The second kappa shape index (κ2) is 7.03. The van der Waals surface area contributed by atoms with Crippen molar-refractivity contribution in [2.45, 2.75) is 40.0 Å². The topological polar surface area (TPSA) is 29.5 Å². The Morgan fingerprint density at radius 3 is 2.21 bits per heavy atom. The fourth-order valence-corrected chi connectivity index (χ4v) is 3.14. The lowest BCUT2D eigenvalue weighted by atomic mass is 9.84. The summed E-state index contributed by atoms with van der Waals surface area (Å²) in [5.41, 5.74) is 2.43. The molecule has 1 rings (SSSR count). The summed E-state index contributed by atoms with van der Waals surface area (Å²) in [5, 5.41) is 8.77. The number of aliphatic hydroxyl groups excluding tert-OH is 1. The van der Waals surface area contributed by atoms with E-state index in [0.29, 0.717) is 0 Å². The minimum Gasteiger partial charge on any atom is -0.413 e. The summed E-state index contributed by atoms with van der Waals surface area (Å²) in [4.78, 5) is 0. The Hall–Kier alpha value is -0.903. The van der Waals surface area contributed by atoms with Gasteiger partial charge in [-0.25, -0.2) is 0 Å². The molecule has 0 aliphatic heterocycles. The first kappa shape index (κ1) is 16.2. The molecule has 1 aromatic rings. The summed E-state index contributed by atoms with van der Waals surface area (Å²) in [5.74, 6) is 0. The zero-order valence-corrected chi connectivity index (χ0v) is 13.8. The van der Waals surface area contributed by atoms with Gasteiger partial charge in [0.15, 0.2) is 9.04 Å². The zero-order valence-electron chi connectivity index (χ0n) is 12.7. The van der Waals surface area contributed by atoms with Crippen LogP contribution in [-0.4, -0.2) is 20.8 Å². The monoisotopic (exact) mass is 278 g/mol. The highest BCUT2D eigenvalue weighted by molar-refractivity contribution is 6.48. The summed E-state index contributed by atoms with van der Waals surface area (Å²) in [6.45, 7) is 11.1. The summed E-state index contributed by atoms with van der Waals surface area (Å²) < 4.78 is 6.20. The van der Waals surface area contributed by atoms with Crippen LogP contribution < -0.4 is 0 Å². The van der Waals surface area contributed by atoms with Crippen molar-refractivity contribution in [1.82, 2.24) is 0 Å². The average Bonchev–Trinajstić information content (AvgIpc) is 2.33. The normalized spacial score (nSPS) is 14.3. The van der Waals surface area contributed by atoms with Crippen molar-refractivity contribution in [1.29, 1.82) is 0 Å². The van der Waals surface area contributed by atoms with Crippen LogP contribution in [-0.2, 0) is 4.43 Å². The second-order valence-electron chi connectivity index (χ2n) is 6.18. The number of benzene rings is 1. The van der Waals surface area contributed by atoms with E-state index in [2.05, 4.69) is 58.1 Å². The van der Waals surface area contributed by atoms with Crippen LogP contribution in [0.15, 0.2) is 30.3 Å². The molecule has 0 aliphatic carbocycles. The molecule has 2 nitrogen and oxygen atoms in total. The van der Waals surface area contributed by atoms with E-state index in [0.717, 1.165) is 5.56 Å². The minimum atomic E-state index is -1.08. The van der Waals surface area contributed by atoms with E-state index in [4.69, 9.17) is 9.53 Å². The van der Waals surface area contributed by atoms with Crippen LogP contribution in [0.5, 0.6) is 0 Å². The molecule has 1 aromatic carbocycles. The molecule has 0 saturated heterocycles. The van der Waals surface area contributed by atoms with Gasteiger partial charge in [-0.15, -0.1) is 0 Å². The standard InChI is InChI=1S/C16H26O2Si/c1-16(2,3)15(18-19(4)5)14-10-8-13(9-11-14)7-6-12-17/h6-11,15,17,19H,12H2,1-5H3. The molecule has 0 amide bonds. The molecule has 19 heavy (non-hydrogen) atoms. The third-order valence-electron chi connectivity index (χ3n) is 2.85. The van der Waals surface area contributed by atoms with Gasteiger partial charge in [0, 0.05) is 0 Å². The average molecular weight is 278 g/mol. The van der Waals surface area contributed by atoms with Gasteiger partial charge in [0.2, 0.25) is 0 Å². The fourth-order valence-electron chi connectivity index (χ4n) is 2.03. The maximum Gasteiger partial charge on any atom is 0.171 e. The number of aliphatic hydroxyl groups is 1. The van der Waals surface area contributed by atoms with Gasteiger partial charge in [0.25, 0.3) is 0 Å². The Balaban J connectivity index is 2.94. The van der Waals surface area contributed by atoms with Crippen LogP contribution in [0.25, 0.3) is 6.08 Å². The molecule has 0 heterocycles. The molecule has 0 spiro atoms. The highest BCUT2D eigenvalue weighted by atomic mass is 28.3. The predicted octanol–water partition coefficient (Wildman–Crippen LogP) is 3.78. The van der Waals surface area contributed by atoms with E-state index in [1.165, 1.54) is 5.56 Å². The van der Waals surface area contributed by atoms with Crippen LogP contribution >= 0.6 is 0 Å². The van der Waals surface area contributed by atoms with Crippen molar-refractivity contribution < 1.29 is 9.53 Å². The van der Waals surface area contributed by atoms with Crippen molar-refractivity contribution in [3.05, 3.63) is 41.5 Å². The van der Waals surface area contributed by atoms with E-state index in [1.807, 2.05) is 6.08 Å². The Bertz CT molecular complexity index is 402. The molecule has 1 unspecified atom stereocenters. The number of rotatable bonds is 5. The zero-order chi connectivity index (χ0) is 14.5. The van der Waals surface area contributed by atoms with E-state index < -0.39 is 9.04 Å². The molecule has 3 heteroatoms. The highest BCUT2D eigenvalue weighted by Crippen LogP contribution is 2.36. The summed E-state index contributed by atoms with van der Waals surface area (Å²) in [7, 11) is -1.08. The maximum absolute atomic E-state index is 8.77. The quantitative estimate of drug-likeness (QED) is 0.831. The first-order chi connectivity index (χ1) is 8.84. The molecule has 0 aromatic heterocycles. The van der Waals surface area contributed by atoms with Crippen molar-refractivity contribution >= 4 is 15.1 Å². The number of hydrogen-bond donors (Lipinski definition) is 1. The first-order valence-corrected chi connectivity index (χ1v) is 9.65. The molecule has 106 valence electrons. The molecule has 0 bridgehead atoms. The fraction of sp³-hybridized carbons (Fsp3) is 0.500. The lowest BCUT2D eigenvalue weighted by Crippen LogP contribution is -2.25. The molecule has 1 N–H and O–H groups in total. The van der Waals surface area contributed by atoms with E-state index >= 15 is 0 Å². The molecule has 0 aliphatic rings. The van der Waals surface area contributed by atoms with Crippen molar-refractivity contribution in [2.24, 2.45) is 5.41 Å². The van der Waals surface area contributed by atoms with Gasteiger partial charge < -0.3 is 9.53 Å². The van der Waals surface area contributed by atoms with E-state index in [1.54, 1.807) is 6.08 Å². The van der Waals surface area contributed by atoms with Gasteiger partial charge >= 0.3 is 0 Å². The van der Waals surface area contributed by atoms with Crippen molar-refractivity contribution in [3.63, 3.8) is 0 Å². The molecular formula is C16H26O2Si. The first-order valence-electron chi connectivity index (χ1n) is 6.87. The highest BCUT2D eigenvalue weighted by Gasteiger charge is 2.27. The van der Waals surface area contributed by atoms with Crippen LogP contribution in [0.1, 0.15) is 38.0 Å². The maximum atomic E-state index is 8.77. The van der Waals surface area contributed by atoms with Gasteiger partial charge in [-0.1, -0.05) is 57.2 Å². The largest absolute Gasteiger partial charge is 0.413 e. The van der Waals surface area contributed by atoms with Gasteiger partial charge in [-0.2, -0.15) is 0 Å². The van der Waals surface area contributed by atoms with Crippen molar-refractivity contribution in [3.8, 4) is 0 Å². The number of hydrogen-bond acceptors (Lipinski definition) is 2. The predicted molar refractivity (Wildman–Crippen MR) is 84.7 cm³/mol. The Kier molecular flexibility index (Phi) is 5.98. The van der Waals surface area contributed by atoms with Crippen molar-refractivity contribution in [2.75, 3.05) is 6.61 Å². The van der Waals surface area contributed by atoms with E-state index in [9.17, 15) is 0 Å². The molecular weight excluding hydrogens is 252 g/mol. The lowest BCUT2D eigenvalue weighted by molar-refractivity contribution is 0.0866. The van der Waals surface area contributed by atoms with Gasteiger partial charge in [-0.05, 0) is 29.6 Å². The molecule has 0 fully saturated rings. The van der Waals surface area contributed by atoms with Gasteiger partial charge in [-0.3, -0.25) is 0 Å². The summed E-state index contributed by atoms with van der Waals surface area (Å²) >= 11 is 0. The Morgan fingerprint density at radius 1 is 1.21 bits per heavy atom. The summed E-state index contributed by atoms with van der Waals surface area (Å²) in [6.07, 6.45) is 3.82. The Morgan fingerprint density at radius 2 is 1.79 bits per heavy atom. The van der Waals surface area contributed by atoms with Crippen LogP contribution in [0.4, 0.5) is 0 Å². The SMILES string of the molecule is C[SiH](C)OC(c1ccc(C=CCO)cc1)C(C)(C)C. The Labute approximate surface area is 118 Å². The molecule has 1 atom stereocenters.